The van der Waals surface area contributed by atoms with Crippen molar-refractivity contribution in [2.75, 3.05) is 39.9 Å². The van der Waals surface area contributed by atoms with E-state index in [-0.39, 0.29) is 5.91 Å². The van der Waals surface area contributed by atoms with Crippen LogP contribution in [0.3, 0.4) is 0 Å². The van der Waals surface area contributed by atoms with Crippen molar-refractivity contribution in [3.8, 4) is 0 Å². The van der Waals surface area contributed by atoms with Gasteiger partial charge in [0.05, 0.1) is 12.7 Å². The van der Waals surface area contributed by atoms with Gasteiger partial charge in [0.1, 0.15) is 0 Å². The molecule has 0 saturated carbocycles. The molecule has 2 N–H and O–H groups in total. The van der Waals surface area contributed by atoms with Crippen LogP contribution < -0.4 is 5.32 Å². The minimum Gasteiger partial charge on any atom is -0.389 e. The Morgan fingerprint density at radius 3 is 2.81 bits per heavy atom. The quantitative estimate of drug-likeness (QED) is 0.584. The monoisotopic (exact) mass is 230 g/mol. The second-order valence-electron chi connectivity index (χ2n) is 4.15. The van der Waals surface area contributed by atoms with E-state index in [9.17, 15) is 9.90 Å². The van der Waals surface area contributed by atoms with Gasteiger partial charge in [-0.25, -0.2) is 0 Å². The highest BCUT2D eigenvalue weighted by molar-refractivity contribution is 5.76. The predicted octanol–water partition coefficient (Wildman–Crippen LogP) is -0.404. The first-order chi connectivity index (χ1) is 7.74. The summed E-state index contributed by atoms with van der Waals surface area (Å²) in [5.41, 5.74) is 0. The molecule has 1 aliphatic rings. The summed E-state index contributed by atoms with van der Waals surface area (Å²) < 4.78 is 4.80. The van der Waals surface area contributed by atoms with Crippen LogP contribution in [-0.4, -0.2) is 61.9 Å². The molecule has 1 atom stereocenters. The van der Waals surface area contributed by atoms with Crippen molar-refractivity contribution < 1.29 is 14.6 Å². The summed E-state index contributed by atoms with van der Waals surface area (Å²) in [5.74, 6) is 0.214. The lowest BCUT2D eigenvalue weighted by Crippen LogP contribution is -2.34. The van der Waals surface area contributed by atoms with Crippen LogP contribution >= 0.6 is 0 Å². The topological polar surface area (TPSA) is 61.8 Å². The Labute approximate surface area is 96.8 Å². The average Bonchev–Trinajstić information content (AvgIpc) is 2.78. The van der Waals surface area contributed by atoms with E-state index >= 15 is 0 Å². The third kappa shape index (κ3) is 4.92. The summed E-state index contributed by atoms with van der Waals surface area (Å²) in [6.07, 6.45) is 2.28. The molecule has 5 nitrogen and oxygen atoms in total. The van der Waals surface area contributed by atoms with Crippen LogP contribution in [0.1, 0.15) is 19.3 Å². The summed E-state index contributed by atoms with van der Waals surface area (Å²) >= 11 is 0. The van der Waals surface area contributed by atoms with Crippen LogP contribution in [0, 0.1) is 0 Å². The number of ether oxygens (including phenoxy) is 1. The van der Waals surface area contributed by atoms with Crippen molar-refractivity contribution in [1.29, 1.82) is 0 Å². The van der Waals surface area contributed by atoms with Gasteiger partial charge in [-0.3, -0.25) is 4.79 Å². The molecule has 0 aromatic rings. The third-order valence-electron chi connectivity index (χ3n) is 2.71. The Kier molecular flexibility index (Phi) is 6.37. The van der Waals surface area contributed by atoms with Gasteiger partial charge in [-0.2, -0.15) is 0 Å². The number of nitrogens with zero attached hydrogens (tertiary/aromatic N) is 1. The molecular weight excluding hydrogens is 208 g/mol. The number of nitrogens with one attached hydrogen (secondary N) is 1. The number of amides is 1. The minimum absolute atomic E-state index is 0.214. The first-order valence-corrected chi connectivity index (χ1v) is 5.89. The fourth-order valence-corrected chi connectivity index (χ4v) is 1.84. The molecule has 0 spiro atoms. The lowest BCUT2D eigenvalue weighted by molar-refractivity contribution is -0.130. The summed E-state index contributed by atoms with van der Waals surface area (Å²) in [6.45, 7) is 3.24. The number of aliphatic hydroxyl groups excluding tert-OH is 1. The van der Waals surface area contributed by atoms with Gasteiger partial charge >= 0.3 is 0 Å². The van der Waals surface area contributed by atoms with Crippen molar-refractivity contribution in [2.24, 2.45) is 0 Å². The highest BCUT2D eigenvalue weighted by Crippen LogP contribution is 2.08. The normalized spacial score (nSPS) is 17.8. The van der Waals surface area contributed by atoms with Crippen LogP contribution in [0.4, 0.5) is 0 Å². The number of carbonyl (C=O) groups excluding carboxylic acids is 1. The van der Waals surface area contributed by atoms with Crippen molar-refractivity contribution >= 4 is 5.91 Å². The fourth-order valence-electron chi connectivity index (χ4n) is 1.84. The number of likely N-dealkylation sites (tertiary alicyclic amines) is 1. The van der Waals surface area contributed by atoms with Crippen molar-refractivity contribution in [3.05, 3.63) is 0 Å². The Morgan fingerprint density at radius 2 is 2.19 bits per heavy atom. The molecule has 0 aromatic carbocycles. The maximum atomic E-state index is 11.6. The zero-order valence-electron chi connectivity index (χ0n) is 9.95. The lowest BCUT2D eigenvalue weighted by Gasteiger charge is -2.15. The van der Waals surface area contributed by atoms with Gasteiger partial charge in [0.25, 0.3) is 0 Å². The zero-order chi connectivity index (χ0) is 11.8. The van der Waals surface area contributed by atoms with Gasteiger partial charge in [0.2, 0.25) is 5.91 Å². The zero-order valence-corrected chi connectivity index (χ0v) is 9.95. The molecule has 0 radical (unpaired) electrons. The number of methoxy groups -OCH3 is 1. The van der Waals surface area contributed by atoms with Gasteiger partial charge in [-0.1, -0.05) is 0 Å². The number of carbonyl (C=O) groups is 1. The third-order valence-corrected chi connectivity index (χ3v) is 2.71. The van der Waals surface area contributed by atoms with Gasteiger partial charge < -0.3 is 20.1 Å². The standard InChI is InChI=1S/C11H22N2O3/c1-16-9-10(14)8-12-5-4-11(15)13-6-2-3-7-13/h10,12,14H,2-9H2,1H3. The molecule has 94 valence electrons. The van der Waals surface area contributed by atoms with Crippen LogP contribution in [0.25, 0.3) is 0 Å². The molecule has 0 bridgehead atoms. The number of hydrogen-bond acceptors (Lipinski definition) is 4. The van der Waals surface area contributed by atoms with Gasteiger partial charge in [-0.15, -0.1) is 0 Å². The summed E-state index contributed by atoms with van der Waals surface area (Å²) in [4.78, 5) is 13.5. The maximum absolute atomic E-state index is 11.6. The molecule has 1 rings (SSSR count). The molecule has 1 unspecified atom stereocenters. The van der Waals surface area contributed by atoms with Crippen LogP contribution in [0.2, 0.25) is 0 Å². The summed E-state index contributed by atoms with van der Waals surface area (Å²) in [6, 6.07) is 0. The minimum atomic E-state index is -0.494. The molecule has 0 aliphatic carbocycles. The van der Waals surface area contributed by atoms with E-state index in [4.69, 9.17) is 4.74 Å². The van der Waals surface area contributed by atoms with Crippen molar-refractivity contribution in [1.82, 2.24) is 10.2 Å². The van der Waals surface area contributed by atoms with Crippen molar-refractivity contribution in [3.63, 3.8) is 0 Å². The molecule has 1 saturated heterocycles. The first kappa shape index (κ1) is 13.4. The predicted molar refractivity (Wildman–Crippen MR) is 61.2 cm³/mol. The van der Waals surface area contributed by atoms with E-state index < -0.39 is 6.10 Å². The first-order valence-electron chi connectivity index (χ1n) is 5.89. The Bertz CT molecular complexity index is 205. The maximum Gasteiger partial charge on any atom is 0.223 e. The van der Waals surface area contributed by atoms with E-state index in [1.54, 1.807) is 7.11 Å². The largest absolute Gasteiger partial charge is 0.389 e. The van der Waals surface area contributed by atoms with Gasteiger partial charge in [0.15, 0.2) is 0 Å². The number of rotatable bonds is 7. The van der Waals surface area contributed by atoms with Gasteiger partial charge in [-0.05, 0) is 12.8 Å². The number of aliphatic hydroxyl groups is 1. The van der Waals surface area contributed by atoms with Crippen LogP contribution in [-0.2, 0) is 9.53 Å². The van der Waals surface area contributed by atoms with E-state index in [0.717, 1.165) is 25.9 Å². The highest BCUT2D eigenvalue weighted by Gasteiger charge is 2.16. The Morgan fingerprint density at radius 1 is 1.50 bits per heavy atom. The fraction of sp³-hybridized carbons (Fsp3) is 0.909. The molecule has 1 aliphatic heterocycles. The smallest absolute Gasteiger partial charge is 0.223 e. The molecule has 0 aromatic heterocycles. The Balaban J connectivity index is 1.99. The molecule has 1 fully saturated rings. The van der Waals surface area contributed by atoms with Crippen LogP contribution in [0.5, 0.6) is 0 Å². The second kappa shape index (κ2) is 7.60. The molecule has 5 heteroatoms. The van der Waals surface area contributed by atoms with E-state index in [0.29, 0.717) is 26.1 Å². The van der Waals surface area contributed by atoms with Crippen LogP contribution in [0.15, 0.2) is 0 Å². The summed E-state index contributed by atoms with van der Waals surface area (Å²) in [5, 5.41) is 12.4. The van der Waals surface area contributed by atoms with Gasteiger partial charge in [0, 0.05) is 39.7 Å². The Hall–Kier alpha value is -0.650. The van der Waals surface area contributed by atoms with Crippen molar-refractivity contribution in [2.45, 2.75) is 25.4 Å². The van der Waals surface area contributed by atoms with E-state index in [1.807, 2.05) is 4.90 Å². The highest BCUT2D eigenvalue weighted by atomic mass is 16.5. The SMILES string of the molecule is COCC(O)CNCCC(=O)N1CCCC1. The van der Waals surface area contributed by atoms with E-state index in [2.05, 4.69) is 5.32 Å². The molecule has 16 heavy (non-hydrogen) atoms. The average molecular weight is 230 g/mol. The molecular formula is C11H22N2O3. The lowest BCUT2D eigenvalue weighted by atomic mass is 10.3. The molecule has 1 heterocycles. The van der Waals surface area contributed by atoms with E-state index in [1.165, 1.54) is 0 Å². The second-order valence-corrected chi connectivity index (χ2v) is 4.15. The molecule has 1 amide bonds. The number of hydrogen-bond donors (Lipinski definition) is 2. The summed E-state index contributed by atoms with van der Waals surface area (Å²) in [7, 11) is 1.56.